The van der Waals surface area contributed by atoms with Crippen LogP contribution in [0.5, 0.6) is 11.5 Å². The van der Waals surface area contributed by atoms with Crippen LogP contribution in [0.2, 0.25) is 0 Å². The maximum absolute atomic E-state index is 12.1. The number of ether oxygens (including phenoxy) is 3. The van der Waals surface area contributed by atoms with Gasteiger partial charge in [-0.2, -0.15) is 0 Å². The Balaban J connectivity index is 2.09. The van der Waals surface area contributed by atoms with Crippen LogP contribution in [0.15, 0.2) is 48.5 Å². The van der Waals surface area contributed by atoms with Crippen LogP contribution in [-0.4, -0.2) is 44.4 Å². The molecule has 0 saturated carbocycles. The number of carbonyl (C=O) groups is 2. The second-order valence-electron chi connectivity index (χ2n) is 5.42. The Labute approximate surface area is 157 Å². The number of methoxy groups -OCH3 is 2. The molecule has 27 heavy (non-hydrogen) atoms. The van der Waals surface area contributed by atoms with Gasteiger partial charge in [-0.3, -0.25) is 4.79 Å². The van der Waals surface area contributed by atoms with Crippen LogP contribution >= 0.6 is 0 Å². The predicted molar refractivity (Wildman–Crippen MR) is 101 cm³/mol. The normalized spacial score (nSPS) is 10.6. The number of para-hydroxylation sites is 1. The van der Waals surface area contributed by atoms with Gasteiger partial charge in [0.25, 0.3) is 0 Å². The Bertz CT molecular complexity index is 831. The van der Waals surface area contributed by atoms with Crippen LogP contribution in [-0.2, 0) is 9.53 Å². The van der Waals surface area contributed by atoms with Crippen molar-refractivity contribution in [2.75, 3.05) is 32.8 Å². The fraction of sp³-hybridized carbons (Fsp3) is 0.200. The molecule has 0 aliphatic heterocycles. The summed E-state index contributed by atoms with van der Waals surface area (Å²) in [6.07, 6.45) is 2.92. The summed E-state index contributed by atoms with van der Waals surface area (Å²) in [6, 6.07) is 11.5. The van der Waals surface area contributed by atoms with Crippen LogP contribution in [0.25, 0.3) is 6.08 Å². The number of amides is 1. The summed E-state index contributed by atoms with van der Waals surface area (Å²) < 4.78 is 15.8. The summed E-state index contributed by atoms with van der Waals surface area (Å²) >= 11 is 0. The number of aromatic carboxylic acids is 1. The maximum atomic E-state index is 12.1. The molecule has 7 nitrogen and oxygen atoms in total. The lowest BCUT2D eigenvalue weighted by molar-refractivity contribution is -0.111. The summed E-state index contributed by atoms with van der Waals surface area (Å²) in [5.74, 6) is -0.444. The molecular formula is C20H21NO6. The monoisotopic (exact) mass is 371 g/mol. The smallest absolute Gasteiger partial charge is 0.337 e. The second kappa shape index (κ2) is 9.98. The number of carboxylic acid groups (broad SMARTS) is 1. The minimum absolute atomic E-state index is 0.0255. The van der Waals surface area contributed by atoms with Crippen LogP contribution in [0.1, 0.15) is 15.9 Å². The Hall–Kier alpha value is -3.32. The van der Waals surface area contributed by atoms with Crippen molar-refractivity contribution in [3.8, 4) is 11.5 Å². The molecule has 0 saturated heterocycles. The highest BCUT2D eigenvalue weighted by Crippen LogP contribution is 2.28. The zero-order valence-corrected chi connectivity index (χ0v) is 15.1. The molecule has 0 heterocycles. The molecule has 2 N–H and O–H groups in total. The van der Waals surface area contributed by atoms with Gasteiger partial charge < -0.3 is 24.6 Å². The molecule has 2 rings (SSSR count). The highest BCUT2D eigenvalue weighted by atomic mass is 16.5. The highest BCUT2D eigenvalue weighted by molar-refractivity contribution is 6.06. The molecule has 0 radical (unpaired) electrons. The van der Waals surface area contributed by atoms with Gasteiger partial charge in [-0.15, -0.1) is 0 Å². The number of anilines is 1. The van der Waals surface area contributed by atoms with E-state index in [4.69, 9.17) is 19.3 Å². The average molecular weight is 371 g/mol. The lowest BCUT2D eigenvalue weighted by atomic mass is 10.1. The summed E-state index contributed by atoms with van der Waals surface area (Å²) in [7, 11) is 3.13. The molecule has 0 aliphatic rings. The zero-order valence-electron chi connectivity index (χ0n) is 15.1. The van der Waals surface area contributed by atoms with Gasteiger partial charge in [0.2, 0.25) is 5.91 Å². The average Bonchev–Trinajstić information content (AvgIpc) is 2.67. The van der Waals surface area contributed by atoms with E-state index in [1.807, 2.05) is 0 Å². The third-order valence-corrected chi connectivity index (χ3v) is 3.58. The number of carbonyl (C=O) groups excluding carboxylic acids is 1. The molecule has 2 aromatic rings. The third-order valence-electron chi connectivity index (χ3n) is 3.58. The lowest BCUT2D eigenvalue weighted by Crippen LogP contribution is -2.11. The molecule has 0 spiro atoms. The van der Waals surface area contributed by atoms with E-state index < -0.39 is 11.9 Å². The first kappa shape index (κ1) is 20.0. The van der Waals surface area contributed by atoms with E-state index >= 15 is 0 Å². The number of carboxylic acids is 1. The molecule has 0 unspecified atom stereocenters. The van der Waals surface area contributed by atoms with E-state index in [1.165, 1.54) is 18.2 Å². The van der Waals surface area contributed by atoms with Crippen LogP contribution in [0.3, 0.4) is 0 Å². The van der Waals surface area contributed by atoms with Crippen molar-refractivity contribution in [3.05, 3.63) is 59.7 Å². The molecule has 0 fully saturated rings. The van der Waals surface area contributed by atoms with Gasteiger partial charge in [0, 0.05) is 13.2 Å². The number of hydrogen-bond donors (Lipinski definition) is 2. The van der Waals surface area contributed by atoms with E-state index in [-0.39, 0.29) is 11.3 Å². The SMILES string of the molecule is COCCOc1cc(/C=C/C(=O)Nc2ccccc2C(=O)O)ccc1OC. The second-order valence-corrected chi connectivity index (χ2v) is 5.42. The largest absolute Gasteiger partial charge is 0.493 e. The Kier molecular flexibility index (Phi) is 7.39. The summed E-state index contributed by atoms with van der Waals surface area (Å²) in [5.41, 5.74) is 0.986. The molecule has 142 valence electrons. The van der Waals surface area contributed by atoms with Gasteiger partial charge in [-0.1, -0.05) is 18.2 Å². The molecule has 0 aromatic heterocycles. The van der Waals surface area contributed by atoms with E-state index in [1.54, 1.807) is 50.6 Å². The molecule has 1 amide bonds. The molecule has 0 aliphatic carbocycles. The molecule has 2 aromatic carbocycles. The fourth-order valence-electron chi connectivity index (χ4n) is 2.27. The van der Waals surface area contributed by atoms with Crippen molar-refractivity contribution in [2.45, 2.75) is 0 Å². The topological polar surface area (TPSA) is 94.1 Å². The van der Waals surface area contributed by atoms with Crippen molar-refractivity contribution in [1.82, 2.24) is 0 Å². The summed E-state index contributed by atoms with van der Waals surface area (Å²) in [5, 5.41) is 11.7. The quantitative estimate of drug-likeness (QED) is 0.520. The van der Waals surface area contributed by atoms with Crippen molar-refractivity contribution >= 4 is 23.6 Å². The Morgan fingerprint density at radius 3 is 2.56 bits per heavy atom. The minimum Gasteiger partial charge on any atom is -0.493 e. The maximum Gasteiger partial charge on any atom is 0.337 e. The summed E-state index contributed by atoms with van der Waals surface area (Å²) in [4.78, 5) is 23.3. The summed E-state index contributed by atoms with van der Waals surface area (Å²) in [6.45, 7) is 0.807. The first-order valence-electron chi connectivity index (χ1n) is 8.16. The zero-order chi connectivity index (χ0) is 19.6. The van der Waals surface area contributed by atoms with E-state index in [0.29, 0.717) is 24.7 Å². The van der Waals surface area contributed by atoms with Gasteiger partial charge in [0.1, 0.15) is 6.61 Å². The van der Waals surface area contributed by atoms with E-state index in [9.17, 15) is 9.59 Å². The van der Waals surface area contributed by atoms with Crippen LogP contribution in [0.4, 0.5) is 5.69 Å². The van der Waals surface area contributed by atoms with Crippen molar-refractivity contribution in [3.63, 3.8) is 0 Å². The van der Waals surface area contributed by atoms with Gasteiger partial charge in [-0.05, 0) is 35.9 Å². The Morgan fingerprint density at radius 2 is 1.85 bits per heavy atom. The van der Waals surface area contributed by atoms with Gasteiger partial charge in [-0.25, -0.2) is 4.79 Å². The van der Waals surface area contributed by atoms with Crippen molar-refractivity contribution in [1.29, 1.82) is 0 Å². The molecule has 7 heteroatoms. The van der Waals surface area contributed by atoms with Crippen molar-refractivity contribution in [2.24, 2.45) is 0 Å². The fourth-order valence-corrected chi connectivity index (χ4v) is 2.27. The van der Waals surface area contributed by atoms with Gasteiger partial charge in [0.15, 0.2) is 11.5 Å². The van der Waals surface area contributed by atoms with Gasteiger partial charge in [0.05, 0.1) is 25.0 Å². The first-order valence-corrected chi connectivity index (χ1v) is 8.16. The third kappa shape index (κ3) is 5.86. The van der Waals surface area contributed by atoms with Crippen LogP contribution < -0.4 is 14.8 Å². The number of nitrogens with one attached hydrogen (secondary N) is 1. The van der Waals surface area contributed by atoms with Crippen LogP contribution in [0, 0.1) is 0 Å². The number of benzene rings is 2. The standard InChI is InChI=1S/C20H21NO6/c1-25-11-12-27-18-13-14(7-9-17(18)26-2)8-10-19(22)21-16-6-4-3-5-15(16)20(23)24/h3-10,13H,11-12H2,1-2H3,(H,21,22)(H,23,24)/b10-8+. The van der Waals surface area contributed by atoms with E-state index in [0.717, 1.165) is 5.56 Å². The molecule has 0 bridgehead atoms. The number of rotatable bonds is 9. The number of hydrogen-bond acceptors (Lipinski definition) is 5. The first-order chi connectivity index (χ1) is 13.0. The molecule has 0 atom stereocenters. The van der Waals surface area contributed by atoms with Crippen molar-refractivity contribution < 1.29 is 28.9 Å². The molecular weight excluding hydrogens is 350 g/mol. The minimum atomic E-state index is -1.11. The van der Waals surface area contributed by atoms with Gasteiger partial charge >= 0.3 is 5.97 Å². The van der Waals surface area contributed by atoms with E-state index in [2.05, 4.69) is 5.32 Å². The predicted octanol–water partition coefficient (Wildman–Crippen LogP) is 3.07. The lowest BCUT2D eigenvalue weighted by Gasteiger charge is -2.11. The highest BCUT2D eigenvalue weighted by Gasteiger charge is 2.10. The Morgan fingerprint density at radius 1 is 1.07 bits per heavy atom.